The number of nitrogens with zero attached hydrogens (tertiary/aromatic N) is 3. The Morgan fingerprint density at radius 3 is 1.21 bits per heavy atom. The molecule has 4 aliphatic heterocycles. The molecule has 2 aromatic carbocycles. The van der Waals surface area contributed by atoms with E-state index in [2.05, 4.69) is 79.2 Å². The van der Waals surface area contributed by atoms with Gasteiger partial charge in [-0.2, -0.15) is 4.31 Å². The molecule has 0 unspecified atom stereocenters. The van der Waals surface area contributed by atoms with Gasteiger partial charge in [0.2, 0.25) is 10.0 Å². The molecule has 4 fully saturated rings. The smallest absolute Gasteiger partial charge is 0.399 e. The van der Waals surface area contributed by atoms with Crippen LogP contribution in [0.3, 0.4) is 0 Å². The topological polar surface area (TPSA) is 92.8 Å². The molecule has 4 aliphatic rings. The van der Waals surface area contributed by atoms with Crippen LogP contribution in [-0.4, -0.2) is 108 Å². The summed E-state index contributed by atoms with van der Waals surface area (Å²) in [5.74, 6) is 0. The Bertz CT molecular complexity index is 1410. The van der Waals surface area contributed by atoms with E-state index in [1.54, 1.807) is 0 Å². The summed E-state index contributed by atoms with van der Waals surface area (Å²) >= 11 is 0. The van der Waals surface area contributed by atoms with Gasteiger partial charge in [-0.05, 0) is 90.6 Å². The number of rotatable bonds is 5. The van der Waals surface area contributed by atoms with Crippen molar-refractivity contribution in [3.63, 3.8) is 0 Å². The van der Waals surface area contributed by atoms with Gasteiger partial charge in [0.05, 0.1) is 28.7 Å². The number of anilines is 2. The minimum Gasteiger partial charge on any atom is -0.399 e. The van der Waals surface area contributed by atoms with E-state index in [1.165, 1.54) is 16.2 Å². The number of sulfonamides is 1. The first kappa shape index (κ1) is 38.0. The van der Waals surface area contributed by atoms with Gasteiger partial charge in [-0.3, -0.25) is 0 Å². The summed E-state index contributed by atoms with van der Waals surface area (Å²) in [4.78, 5) is 4.61. The molecule has 0 spiro atoms. The fourth-order valence-electron chi connectivity index (χ4n) is 5.84. The Balaban J connectivity index is 0.000000211. The van der Waals surface area contributed by atoms with Crippen LogP contribution in [0.2, 0.25) is 0 Å². The van der Waals surface area contributed by atoms with Gasteiger partial charge < -0.3 is 33.7 Å². The van der Waals surface area contributed by atoms with E-state index in [1.807, 2.05) is 39.8 Å². The highest BCUT2D eigenvalue weighted by Crippen LogP contribution is 2.37. The lowest BCUT2D eigenvalue weighted by molar-refractivity contribution is 0.00578. The van der Waals surface area contributed by atoms with E-state index in [0.29, 0.717) is 26.2 Å². The zero-order valence-corrected chi connectivity index (χ0v) is 31.2. The minimum absolute atomic E-state index is 0. The Labute approximate surface area is 289 Å². The molecule has 0 atom stereocenters. The van der Waals surface area contributed by atoms with Crippen molar-refractivity contribution in [2.75, 3.05) is 68.4 Å². The van der Waals surface area contributed by atoms with Crippen LogP contribution < -0.4 is 26.0 Å². The van der Waals surface area contributed by atoms with Crippen molar-refractivity contribution in [1.82, 2.24) is 9.62 Å². The lowest BCUT2D eigenvalue weighted by atomic mass is 9.79. The molecule has 4 heterocycles. The zero-order valence-electron chi connectivity index (χ0n) is 29.5. The Kier molecular flexibility index (Phi) is 11.5. The van der Waals surface area contributed by atoms with Crippen LogP contribution >= 0.6 is 12.4 Å². The number of nitrogens with one attached hydrogen (secondary N) is 1. The fraction of sp³-hybridized carbons (Fsp3) is 0.636. The highest BCUT2D eigenvalue weighted by atomic mass is 35.5. The van der Waals surface area contributed by atoms with Crippen LogP contribution in [0.25, 0.3) is 0 Å². The fourth-order valence-corrected chi connectivity index (χ4v) is 6.67. The van der Waals surface area contributed by atoms with Crippen LogP contribution in [-0.2, 0) is 28.6 Å². The maximum atomic E-state index is 11.6. The molecule has 14 heteroatoms. The highest BCUT2D eigenvalue weighted by molar-refractivity contribution is 7.88. The highest BCUT2D eigenvalue weighted by Gasteiger charge is 2.52. The Morgan fingerprint density at radius 1 is 0.574 bits per heavy atom. The van der Waals surface area contributed by atoms with Gasteiger partial charge >= 0.3 is 14.2 Å². The summed E-state index contributed by atoms with van der Waals surface area (Å²) in [7, 11) is -3.73. The number of halogens is 1. The monoisotopic (exact) mass is 690 g/mol. The van der Waals surface area contributed by atoms with E-state index in [0.717, 1.165) is 42.8 Å². The first-order chi connectivity index (χ1) is 21.4. The summed E-state index contributed by atoms with van der Waals surface area (Å²) in [6.45, 7) is 23.2. The lowest BCUT2D eigenvalue weighted by Gasteiger charge is -2.34. The molecule has 0 bridgehead atoms. The molecule has 0 saturated carbocycles. The molecule has 1 N–H and O–H groups in total. The molecule has 47 heavy (non-hydrogen) atoms. The molecule has 10 nitrogen and oxygen atoms in total. The van der Waals surface area contributed by atoms with Crippen molar-refractivity contribution in [2.45, 2.75) is 77.8 Å². The molecule has 2 aromatic rings. The predicted molar refractivity (Wildman–Crippen MR) is 195 cm³/mol. The summed E-state index contributed by atoms with van der Waals surface area (Å²) in [6.07, 6.45) is 1.27. The van der Waals surface area contributed by atoms with Crippen LogP contribution in [0.1, 0.15) is 55.4 Å². The number of hydrogen-bond acceptors (Lipinski definition) is 9. The average Bonchev–Trinajstić information content (AvgIpc) is 3.37. The summed E-state index contributed by atoms with van der Waals surface area (Å²) in [6, 6.07) is 16.8. The van der Waals surface area contributed by atoms with E-state index in [4.69, 9.17) is 18.6 Å². The zero-order chi connectivity index (χ0) is 33.5. The Hall–Kier alpha value is -1.83. The van der Waals surface area contributed by atoms with Crippen molar-refractivity contribution < 1.29 is 27.0 Å². The standard InChI is InChI=1S/C17H27BN2O4S.C16H25BN2O2.ClH/c1-16(2)17(3,4)24-18(23-16)14-6-8-15(9-7-14)19-10-12-20(13-11-19)25(5,21)22;1-15(2)16(3,4)21-17(20-15)13-5-7-14(8-6-13)19-11-9-18-10-12-19;/h6-9H,10-13H2,1-5H3;5-8,18H,9-12H2,1-4H3;1H. The summed E-state index contributed by atoms with van der Waals surface area (Å²) in [5.41, 5.74) is 3.19. The predicted octanol–water partition coefficient (Wildman–Crippen LogP) is 2.88. The second kappa shape index (κ2) is 14.2. The molecule has 0 amide bonds. The first-order valence-electron chi connectivity index (χ1n) is 16.5. The number of benzene rings is 2. The lowest BCUT2D eigenvalue weighted by Crippen LogP contribution is -2.48. The molecular formula is C33H53B2ClN4O6S. The number of hydrogen-bond donors (Lipinski definition) is 1. The molecule has 260 valence electrons. The second-order valence-electron chi connectivity index (χ2n) is 14.7. The van der Waals surface area contributed by atoms with E-state index in [-0.39, 0.29) is 49.0 Å². The molecule has 6 rings (SSSR count). The van der Waals surface area contributed by atoms with E-state index in [9.17, 15) is 8.42 Å². The third-order valence-electron chi connectivity index (χ3n) is 10.4. The maximum Gasteiger partial charge on any atom is 0.494 e. The second-order valence-corrected chi connectivity index (χ2v) is 16.7. The molecule has 4 saturated heterocycles. The largest absolute Gasteiger partial charge is 0.494 e. The first-order valence-corrected chi connectivity index (χ1v) is 18.3. The van der Waals surface area contributed by atoms with Gasteiger partial charge in [-0.25, -0.2) is 8.42 Å². The average molecular weight is 691 g/mol. The minimum atomic E-state index is -3.10. The van der Waals surface area contributed by atoms with Crippen molar-refractivity contribution in [3.8, 4) is 0 Å². The van der Waals surface area contributed by atoms with Crippen molar-refractivity contribution in [3.05, 3.63) is 48.5 Å². The molecule has 0 radical (unpaired) electrons. The van der Waals surface area contributed by atoms with Gasteiger partial charge in [-0.1, -0.05) is 24.3 Å². The summed E-state index contributed by atoms with van der Waals surface area (Å²) in [5, 5.41) is 3.38. The van der Waals surface area contributed by atoms with Crippen LogP contribution in [0, 0.1) is 0 Å². The van der Waals surface area contributed by atoms with Gasteiger partial charge in [0, 0.05) is 63.7 Å². The third kappa shape index (κ3) is 8.49. The van der Waals surface area contributed by atoms with Gasteiger partial charge in [0.15, 0.2) is 0 Å². The van der Waals surface area contributed by atoms with Gasteiger partial charge in [0.25, 0.3) is 0 Å². The van der Waals surface area contributed by atoms with Crippen LogP contribution in [0.4, 0.5) is 11.4 Å². The molecule has 0 aliphatic carbocycles. The quantitative estimate of drug-likeness (QED) is 0.476. The number of piperazine rings is 2. The van der Waals surface area contributed by atoms with Crippen molar-refractivity contribution in [1.29, 1.82) is 0 Å². The SMILES string of the molecule is CC1(C)OB(c2ccc(N3CCN(S(C)(=O)=O)CC3)cc2)OC1(C)C.CC1(C)OB(c2ccc(N3CCNCC3)cc2)OC1(C)C.Cl. The van der Waals surface area contributed by atoms with E-state index < -0.39 is 10.0 Å². The van der Waals surface area contributed by atoms with Gasteiger partial charge in [-0.15, -0.1) is 12.4 Å². The maximum absolute atomic E-state index is 11.6. The van der Waals surface area contributed by atoms with Crippen molar-refractivity contribution in [2.24, 2.45) is 0 Å². The Morgan fingerprint density at radius 2 is 0.894 bits per heavy atom. The van der Waals surface area contributed by atoms with Gasteiger partial charge in [0.1, 0.15) is 0 Å². The molecule has 0 aromatic heterocycles. The summed E-state index contributed by atoms with van der Waals surface area (Å²) < 4.78 is 49.1. The van der Waals surface area contributed by atoms with Crippen LogP contribution in [0.15, 0.2) is 48.5 Å². The third-order valence-corrected chi connectivity index (χ3v) is 11.7. The van der Waals surface area contributed by atoms with Crippen molar-refractivity contribution >= 4 is 59.0 Å². The van der Waals surface area contributed by atoms with Crippen LogP contribution in [0.5, 0.6) is 0 Å². The van der Waals surface area contributed by atoms with E-state index >= 15 is 0 Å². The molecular weight excluding hydrogens is 638 g/mol. The normalized spacial score (nSPS) is 23.6.